The molecular formula is C24H18FN5O. The molecule has 2 aromatic heterocycles. The molecule has 0 aliphatic carbocycles. The normalized spacial score (nSPS) is 10.5. The number of benzene rings is 2. The summed E-state index contributed by atoms with van der Waals surface area (Å²) in [6.45, 7) is 2.17. The van der Waals surface area contributed by atoms with Gasteiger partial charge in [0.15, 0.2) is 0 Å². The van der Waals surface area contributed by atoms with Crippen molar-refractivity contribution in [2.75, 3.05) is 5.32 Å². The third-order valence-corrected chi connectivity index (χ3v) is 4.82. The van der Waals surface area contributed by atoms with Crippen LogP contribution in [0.25, 0.3) is 11.3 Å². The van der Waals surface area contributed by atoms with Crippen LogP contribution < -0.4 is 5.32 Å². The Morgan fingerprint density at radius 2 is 1.84 bits per heavy atom. The molecule has 2 heterocycles. The SMILES string of the molecule is Cc1nc(C(=O)Nc2c(-c3ccc(F)cc3)ncn2Cc2ccccc2)ccc1C#N. The van der Waals surface area contributed by atoms with Gasteiger partial charge in [-0.05, 0) is 48.9 Å². The van der Waals surface area contributed by atoms with E-state index in [0.717, 1.165) is 5.56 Å². The molecule has 0 aliphatic heterocycles. The molecular weight excluding hydrogens is 393 g/mol. The zero-order chi connectivity index (χ0) is 21.8. The van der Waals surface area contributed by atoms with E-state index < -0.39 is 5.91 Å². The highest BCUT2D eigenvalue weighted by atomic mass is 19.1. The topological polar surface area (TPSA) is 83.6 Å². The van der Waals surface area contributed by atoms with Crippen LogP contribution >= 0.6 is 0 Å². The molecule has 0 aliphatic rings. The fourth-order valence-corrected chi connectivity index (χ4v) is 3.21. The third kappa shape index (κ3) is 4.33. The van der Waals surface area contributed by atoms with Gasteiger partial charge >= 0.3 is 0 Å². The van der Waals surface area contributed by atoms with E-state index in [1.807, 2.05) is 41.0 Å². The number of pyridine rings is 1. The van der Waals surface area contributed by atoms with E-state index in [2.05, 4.69) is 15.3 Å². The summed E-state index contributed by atoms with van der Waals surface area (Å²) >= 11 is 0. The molecule has 0 spiro atoms. The summed E-state index contributed by atoms with van der Waals surface area (Å²) in [4.78, 5) is 21.7. The molecule has 0 bridgehead atoms. The molecule has 4 aromatic rings. The maximum absolute atomic E-state index is 13.4. The van der Waals surface area contributed by atoms with Crippen LogP contribution in [0.4, 0.5) is 10.2 Å². The second-order valence-electron chi connectivity index (χ2n) is 6.96. The first-order valence-electron chi connectivity index (χ1n) is 9.59. The smallest absolute Gasteiger partial charge is 0.275 e. The lowest BCUT2D eigenvalue weighted by Gasteiger charge is -2.12. The van der Waals surface area contributed by atoms with Crippen molar-refractivity contribution in [3.05, 3.63) is 101 Å². The standard InChI is InChI=1S/C24H18FN5O/c1-16-19(13-26)9-12-21(28-16)24(31)29-23-22(18-7-10-20(25)11-8-18)27-15-30(23)14-17-5-3-2-4-6-17/h2-12,15H,14H2,1H3,(H,29,31). The first-order valence-corrected chi connectivity index (χ1v) is 9.59. The van der Waals surface area contributed by atoms with Crippen LogP contribution in [-0.4, -0.2) is 20.4 Å². The van der Waals surface area contributed by atoms with Crippen molar-refractivity contribution in [3.63, 3.8) is 0 Å². The highest BCUT2D eigenvalue weighted by Crippen LogP contribution is 2.28. The maximum Gasteiger partial charge on any atom is 0.275 e. The average molecular weight is 411 g/mol. The molecule has 7 heteroatoms. The van der Waals surface area contributed by atoms with Gasteiger partial charge in [-0.2, -0.15) is 5.26 Å². The van der Waals surface area contributed by atoms with Gasteiger partial charge in [0.25, 0.3) is 5.91 Å². The minimum absolute atomic E-state index is 0.189. The van der Waals surface area contributed by atoms with Crippen molar-refractivity contribution < 1.29 is 9.18 Å². The van der Waals surface area contributed by atoms with Crippen molar-refractivity contribution in [3.8, 4) is 17.3 Å². The molecule has 2 aromatic carbocycles. The van der Waals surface area contributed by atoms with Gasteiger partial charge in [-0.1, -0.05) is 30.3 Å². The van der Waals surface area contributed by atoms with Crippen LogP contribution in [-0.2, 0) is 6.54 Å². The van der Waals surface area contributed by atoms with Crippen molar-refractivity contribution in [1.29, 1.82) is 5.26 Å². The van der Waals surface area contributed by atoms with Crippen molar-refractivity contribution in [1.82, 2.24) is 14.5 Å². The van der Waals surface area contributed by atoms with Crippen molar-refractivity contribution >= 4 is 11.7 Å². The van der Waals surface area contributed by atoms with E-state index >= 15 is 0 Å². The number of hydrogen-bond acceptors (Lipinski definition) is 4. The highest BCUT2D eigenvalue weighted by Gasteiger charge is 2.18. The number of nitriles is 1. The largest absolute Gasteiger partial charge is 0.312 e. The number of halogens is 1. The Morgan fingerprint density at radius 3 is 2.52 bits per heavy atom. The summed E-state index contributed by atoms with van der Waals surface area (Å²) in [6, 6.07) is 20.8. The zero-order valence-corrected chi connectivity index (χ0v) is 16.7. The van der Waals surface area contributed by atoms with Crippen LogP contribution in [0.3, 0.4) is 0 Å². The van der Waals surface area contributed by atoms with Gasteiger partial charge in [0, 0.05) is 5.56 Å². The van der Waals surface area contributed by atoms with Crippen molar-refractivity contribution in [2.24, 2.45) is 0 Å². The quantitative estimate of drug-likeness (QED) is 0.522. The van der Waals surface area contributed by atoms with E-state index in [1.54, 1.807) is 31.5 Å². The summed E-state index contributed by atoms with van der Waals surface area (Å²) in [7, 11) is 0. The third-order valence-electron chi connectivity index (χ3n) is 4.82. The second kappa shape index (κ2) is 8.59. The molecule has 0 unspecified atom stereocenters. The molecule has 1 amide bonds. The van der Waals surface area contributed by atoms with Crippen LogP contribution in [0.2, 0.25) is 0 Å². The van der Waals surface area contributed by atoms with Gasteiger partial charge < -0.3 is 9.88 Å². The average Bonchev–Trinajstić information content (AvgIpc) is 3.17. The van der Waals surface area contributed by atoms with Gasteiger partial charge in [-0.3, -0.25) is 4.79 Å². The Morgan fingerprint density at radius 1 is 1.10 bits per heavy atom. The number of imidazole rings is 1. The van der Waals surface area contributed by atoms with Crippen LogP contribution in [0.15, 0.2) is 73.1 Å². The minimum atomic E-state index is -0.425. The number of nitrogens with one attached hydrogen (secondary N) is 1. The monoisotopic (exact) mass is 411 g/mol. The van der Waals surface area contributed by atoms with E-state index in [9.17, 15) is 9.18 Å². The van der Waals surface area contributed by atoms with Crippen LogP contribution in [0.1, 0.15) is 27.3 Å². The number of hydrogen-bond donors (Lipinski definition) is 1. The van der Waals surface area contributed by atoms with Crippen molar-refractivity contribution in [2.45, 2.75) is 13.5 Å². The molecule has 152 valence electrons. The fraction of sp³-hybridized carbons (Fsp3) is 0.0833. The predicted molar refractivity (Wildman–Crippen MR) is 115 cm³/mol. The lowest BCUT2D eigenvalue weighted by Crippen LogP contribution is -2.18. The summed E-state index contributed by atoms with van der Waals surface area (Å²) in [5, 5.41) is 12.0. The Labute approximate surface area is 178 Å². The summed E-state index contributed by atoms with van der Waals surface area (Å²) in [5.41, 5.74) is 3.31. The van der Waals surface area contributed by atoms with Gasteiger partial charge in [0.2, 0.25) is 0 Å². The number of carbonyl (C=O) groups excluding carboxylic acids is 1. The first-order chi connectivity index (χ1) is 15.0. The van der Waals surface area contributed by atoms with E-state index in [4.69, 9.17) is 5.26 Å². The summed E-state index contributed by atoms with van der Waals surface area (Å²) in [6.07, 6.45) is 1.64. The second-order valence-corrected chi connectivity index (χ2v) is 6.96. The molecule has 1 N–H and O–H groups in total. The number of nitrogens with zero attached hydrogens (tertiary/aromatic N) is 4. The number of carbonyl (C=O) groups is 1. The summed E-state index contributed by atoms with van der Waals surface area (Å²) in [5.74, 6) is -0.301. The Bertz CT molecular complexity index is 1270. The molecule has 0 fully saturated rings. The van der Waals surface area contributed by atoms with E-state index in [0.29, 0.717) is 34.9 Å². The lowest BCUT2D eigenvalue weighted by atomic mass is 10.1. The predicted octanol–water partition coefficient (Wildman–Crippen LogP) is 4.56. The van der Waals surface area contributed by atoms with E-state index in [1.165, 1.54) is 18.2 Å². The van der Waals surface area contributed by atoms with Gasteiger partial charge in [-0.15, -0.1) is 0 Å². The lowest BCUT2D eigenvalue weighted by molar-refractivity contribution is 0.102. The number of anilines is 1. The van der Waals surface area contributed by atoms with Gasteiger partial charge in [-0.25, -0.2) is 14.4 Å². The Balaban J connectivity index is 1.72. The number of amides is 1. The Hall–Kier alpha value is -4.31. The van der Waals surface area contributed by atoms with Gasteiger partial charge in [0.05, 0.1) is 24.1 Å². The molecule has 31 heavy (non-hydrogen) atoms. The Kier molecular flexibility index (Phi) is 5.54. The molecule has 0 radical (unpaired) electrons. The molecule has 6 nitrogen and oxygen atoms in total. The molecule has 0 saturated heterocycles. The first kappa shape index (κ1) is 20.0. The molecule has 0 atom stereocenters. The molecule has 0 saturated carbocycles. The number of rotatable bonds is 5. The van der Waals surface area contributed by atoms with E-state index in [-0.39, 0.29) is 11.5 Å². The molecule has 4 rings (SSSR count). The number of aromatic nitrogens is 3. The van der Waals surface area contributed by atoms with Crippen LogP contribution in [0.5, 0.6) is 0 Å². The fourth-order valence-electron chi connectivity index (χ4n) is 3.21. The van der Waals surface area contributed by atoms with Gasteiger partial charge in [0.1, 0.15) is 29.1 Å². The van der Waals surface area contributed by atoms with Crippen LogP contribution in [0, 0.1) is 24.1 Å². The summed E-state index contributed by atoms with van der Waals surface area (Å²) < 4.78 is 15.2. The zero-order valence-electron chi connectivity index (χ0n) is 16.7. The highest BCUT2D eigenvalue weighted by molar-refractivity contribution is 6.04. The maximum atomic E-state index is 13.4. The minimum Gasteiger partial charge on any atom is -0.312 e. The number of aryl methyl sites for hydroxylation is 1.